The van der Waals surface area contributed by atoms with Gasteiger partial charge >= 0.3 is 0 Å². The number of fused-ring (bicyclic) bond motifs is 1. The quantitative estimate of drug-likeness (QED) is 0.909. The summed E-state index contributed by atoms with van der Waals surface area (Å²) in [7, 11) is 3.03. The molecule has 1 atom stereocenters. The molecule has 0 saturated carbocycles. The molecule has 24 heavy (non-hydrogen) atoms. The van der Waals surface area contributed by atoms with Crippen molar-refractivity contribution in [2.75, 3.05) is 19.5 Å². The Morgan fingerprint density at radius 1 is 1.33 bits per heavy atom. The van der Waals surface area contributed by atoms with E-state index in [1.807, 2.05) is 0 Å². The van der Waals surface area contributed by atoms with E-state index in [1.54, 1.807) is 12.1 Å². The number of halogens is 1. The Balaban J connectivity index is 1.88. The molecule has 2 aromatic rings. The highest BCUT2D eigenvalue weighted by Gasteiger charge is 2.27. The predicted molar refractivity (Wildman–Crippen MR) is 90.2 cm³/mol. The van der Waals surface area contributed by atoms with Crippen molar-refractivity contribution in [3.63, 3.8) is 0 Å². The summed E-state index contributed by atoms with van der Waals surface area (Å²) in [5.41, 5.74) is 1.67. The van der Waals surface area contributed by atoms with E-state index < -0.39 is 0 Å². The first-order chi connectivity index (χ1) is 11.5. The Morgan fingerprint density at radius 3 is 2.79 bits per heavy atom. The zero-order valence-electron chi connectivity index (χ0n) is 13.8. The minimum atomic E-state index is -0.339. The van der Waals surface area contributed by atoms with Gasteiger partial charge in [-0.1, -0.05) is 23.7 Å². The summed E-state index contributed by atoms with van der Waals surface area (Å²) in [4.78, 5) is 12.6. The maximum Gasteiger partial charge on any atom is 0.278 e. The van der Waals surface area contributed by atoms with Gasteiger partial charge in [-0.05, 0) is 24.8 Å². The van der Waals surface area contributed by atoms with Gasteiger partial charge in [-0.15, -0.1) is 0 Å². The maximum absolute atomic E-state index is 12.6. The summed E-state index contributed by atoms with van der Waals surface area (Å²) >= 11 is 6.14. The fourth-order valence-electron chi connectivity index (χ4n) is 2.90. The molecule has 0 spiro atoms. The summed E-state index contributed by atoms with van der Waals surface area (Å²) < 4.78 is 15.8. The lowest BCUT2D eigenvalue weighted by molar-refractivity contribution is 0.101. The zero-order valence-corrected chi connectivity index (χ0v) is 14.6. The number of anilines is 1. The van der Waals surface area contributed by atoms with Gasteiger partial charge in [0, 0.05) is 18.1 Å². The average Bonchev–Trinajstić information content (AvgIpc) is 2.98. The molecular formula is C17H19ClN2O4. The second kappa shape index (κ2) is 6.73. The van der Waals surface area contributed by atoms with Gasteiger partial charge in [0.05, 0.1) is 24.9 Å². The van der Waals surface area contributed by atoms with Gasteiger partial charge in [-0.3, -0.25) is 4.79 Å². The van der Waals surface area contributed by atoms with E-state index in [1.165, 1.54) is 14.2 Å². The lowest BCUT2D eigenvalue weighted by Crippen LogP contribution is -2.18. The molecule has 0 unspecified atom stereocenters. The second-order valence-electron chi connectivity index (χ2n) is 5.92. The van der Waals surface area contributed by atoms with Crippen LogP contribution < -0.4 is 14.8 Å². The average molecular weight is 351 g/mol. The van der Waals surface area contributed by atoms with Gasteiger partial charge in [0.1, 0.15) is 17.3 Å². The Kier molecular flexibility index (Phi) is 4.66. The molecule has 0 fully saturated rings. The first-order valence-electron chi connectivity index (χ1n) is 7.73. The SMILES string of the molecule is COc1cc(OC)c(NC(=O)c2noc3c2C[C@@H](C)CC3)cc1Cl. The predicted octanol–water partition coefficient (Wildman–Crippen LogP) is 3.72. The molecule has 1 aliphatic carbocycles. The topological polar surface area (TPSA) is 73.6 Å². The van der Waals surface area contributed by atoms with Gasteiger partial charge in [0.25, 0.3) is 5.91 Å². The molecule has 1 aliphatic rings. The number of benzene rings is 1. The number of rotatable bonds is 4. The van der Waals surface area contributed by atoms with Crippen LogP contribution in [0.1, 0.15) is 35.2 Å². The molecule has 3 rings (SSSR count). The Labute approximate surface area is 145 Å². The van der Waals surface area contributed by atoms with Crippen LogP contribution in [0.2, 0.25) is 5.02 Å². The molecule has 1 N–H and O–H groups in total. The molecule has 0 aliphatic heterocycles. The molecule has 1 heterocycles. The summed E-state index contributed by atoms with van der Waals surface area (Å²) in [6.07, 6.45) is 2.65. The second-order valence-corrected chi connectivity index (χ2v) is 6.33. The molecule has 0 saturated heterocycles. The van der Waals surface area contributed by atoms with Crippen LogP contribution in [0, 0.1) is 5.92 Å². The van der Waals surface area contributed by atoms with E-state index in [4.69, 9.17) is 25.6 Å². The molecular weight excluding hydrogens is 332 g/mol. The minimum Gasteiger partial charge on any atom is -0.495 e. The number of aromatic nitrogens is 1. The van der Waals surface area contributed by atoms with Gasteiger partial charge in [0.15, 0.2) is 5.69 Å². The highest BCUT2D eigenvalue weighted by Crippen LogP contribution is 2.36. The van der Waals surface area contributed by atoms with Gasteiger partial charge in [0.2, 0.25) is 0 Å². The third-order valence-corrected chi connectivity index (χ3v) is 4.52. The standard InChI is InChI=1S/C17H19ClN2O4/c1-9-4-5-13-10(6-9)16(20-24-13)17(21)19-12-7-11(18)14(22-2)8-15(12)23-3/h7-9H,4-6H2,1-3H3,(H,19,21)/t9-/m0/s1. The molecule has 1 aromatic heterocycles. The van der Waals surface area contributed by atoms with Crippen molar-refractivity contribution < 1.29 is 18.8 Å². The van der Waals surface area contributed by atoms with Crippen molar-refractivity contribution in [1.82, 2.24) is 5.16 Å². The van der Waals surface area contributed by atoms with E-state index >= 15 is 0 Å². The molecule has 1 aromatic carbocycles. The molecule has 6 nitrogen and oxygen atoms in total. The van der Waals surface area contributed by atoms with Gasteiger partial charge < -0.3 is 19.3 Å². The van der Waals surface area contributed by atoms with Crippen LogP contribution >= 0.6 is 11.6 Å². The number of carbonyl (C=O) groups excluding carboxylic acids is 1. The molecule has 0 radical (unpaired) electrons. The third kappa shape index (κ3) is 3.06. The molecule has 1 amide bonds. The van der Waals surface area contributed by atoms with Crippen molar-refractivity contribution in [1.29, 1.82) is 0 Å². The van der Waals surface area contributed by atoms with E-state index in [-0.39, 0.29) is 5.91 Å². The van der Waals surface area contributed by atoms with Crippen LogP contribution in [0.3, 0.4) is 0 Å². The number of nitrogens with zero attached hydrogens (tertiary/aromatic N) is 1. The monoisotopic (exact) mass is 350 g/mol. The third-order valence-electron chi connectivity index (χ3n) is 4.22. The summed E-state index contributed by atoms with van der Waals surface area (Å²) in [5, 5.41) is 7.13. The van der Waals surface area contributed by atoms with Crippen LogP contribution in [-0.2, 0) is 12.8 Å². The number of hydrogen-bond donors (Lipinski definition) is 1. The minimum absolute atomic E-state index is 0.325. The first kappa shape index (κ1) is 16.6. The lowest BCUT2D eigenvalue weighted by Gasteiger charge is -2.17. The zero-order chi connectivity index (χ0) is 17.3. The van der Waals surface area contributed by atoms with Crippen LogP contribution in [0.4, 0.5) is 5.69 Å². The summed E-state index contributed by atoms with van der Waals surface area (Å²) in [5.74, 6) is 1.90. The number of nitrogens with one attached hydrogen (secondary N) is 1. The van der Waals surface area contributed by atoms with Gasteiger partial charge in [-0.2, -0.15) is 0 Å². The number of hydrogen-bond acceptors (Lipinski definition) is 5. The van der Waals surface area contributed by atoms with Crippen molar-refractivity contribution in [3.8, 4) is 11.5 Å². The van der Waals surface area contributed by atoms with E-state index in [0.29, 0.717) is 33.8 Å². The van der Waals surface area contributed by atoms with Crippen LogP contribution in [-0.4, -0.2) is 25.3 Å². The van der Waals surface area contributed by atoms with Crippen LogP contribution in [0.25, 0.3) is 0 Å². The van der Waals surface area contributed by atoms with Crippen molar-refractivity contribution >= 4 is 23.2 Å². The van der Waals surface area contributed by atoms with E-state index in [9.17, 15) is 4.79 Å². The van der Waals surface area contributed by atoms with Crippen LogP contribution in [0.5, 0.6) is 11.5 Å². The fraction of sp³-hybridized carbons (Fsp3) is 0.412. The Hall–Kier alpha value is -2.21. The summed E-state index contributed by atoms with van der Waals surface area (Å²) in [6.45, 7) is 2.16. The largest absolute Gasteiger partial charge is 0.495 e. The highest BCUT2D eigenvalue weighted by molar-refractivity contribution is 6.32. The number of methoxy groups -OCH3 is 2. The molecule has 128 valence electrons. The number of aryl methyl sites for hydroxylation is 1. The fourth-order valence-corrected chi connectivity index (χ4v) is 3.14. The van der Waals surface area contributed by atoms with Crippen molar-refractivity contribution in [3.05, 3.63) is 34.2 Å². The smallest absolute Gasteiger partial charge is 0.278 e. The lowest BCUT2D eigenvalue weighted by atomic mass is 9.88. The summed E-state index contributed by atoms with van der Waals surface area (Å²) in [6, 6.07) is 3.21. The number of carbonyl (C=O) groups is 1. The molecule has 0 bridgehead atoms. The highest BCUT2D eigenvalue weighted by atomic mass is 35.5. The normalized spacial score (nSPS) is 16.4. The van der Waals surface area contributed by atoms with Crippen LogP contribution in [0.15, 0.2) is 16.7 Å². The van der Waals surface area contributed by atoms with E-state index in [0.717, 1.165) is 30.6 Å². The van der Waals surface area contributed by atoms with E-state index in [2.05, 4.69) is 17.4 Å². The maximum atomic E-state index is 12.6. The molecule has 7 heteroatoms. The Bertz CT molecular complexity index is 772. The van der Waals surface area contributed by atoms with Crippen molar-refractivity contribution in [2.24, 2.45) is 5.92 Å². The number of ether oxygens (including phenoxy) is 2. The van der Waals surface area contributed by atoms with Gasteiger partial charge in [-0.25, -0.2) is 0 Å². The van der Waals surface area contributed by atoms with Crippen molar-refractivity contribution in [2.45, 2.75) is 26.2 Å². The first-order valence-corrected chi connectivity index (χ1v) is 8.11. The Morgan fingerprint density at radius 2 is 2.08 bits per heavy atom. The number of amides is 1.